The van der Waals surface area contributed by atoms with Gasteiger partial charge in [0.05, 0.1) is 11.2 Å². The molecule has 2 aromatic heterocycles. The molecule has 1 aromatic carbocycles. The summed E-state index contributed by atoms with van der Waals surface area (Å²) in [6.45, 7) is 1.63. The van der Waals surface area contributed by atoms with E-state index in [-0.39, 0.29) is 17.5 Å². The van der Waals surface area contributed by atoms with E-state index in [1.807, 2.05) is 35.0 Å². The Kier molecular flexibility index (Phi) is 3.88. The second kappa shape index (κ2) is 5.98. The number of thiophene rings is 1. The summed E-state index contributed by atoms with van der Waals surface area (Å²) in [6, 6.07) is 8.48. The fourth-order valence-electron chi connectivity index (χ4n) is 2.05. The van der Waals surface area contributed by atoms with Gasteiger partial charge in [-0.1, -0.05) is 18.2 Å². The van der Waals surface area contributed by atoms with Crippen molar-refractivity contribution in [3.8, 4) is 0 Å². The third-order valence-electron chi connectivity index (χ3n) is 3.22. The molecular weight excluding hydrogens is 300 g/mol. The fraction of sp³-hybridized carbons (Fsp3) is 0.133. The van der Waals surface area contributed by atoms with Crippen LogP contribution in [0, 0.1) is 0 Å². The summed E-state index contributed by atoms with van der Waals surface area (Å²) in [5, 5.41) is 16.6. The van der Waals surface area contributed by atoms with Gasteiger partial charge in [0.15, 0.2) is 5.69 Å². The molecule has 3 rings (SSSR count). The van der Waals surface area contributed by atoms with Crippen LogP contribution < -0.4 is 10.6 Å². The number of para-hydroxylation sites is 1. The van der Waals surface area contributed by atoms with E-state index >= 15 is 0 Å². The number of carbonyl (C=O) groups is 2. The smallest absolute Gasteiger partial charge is 0.273 e. The first-order chi connectivity index (χ1) is 10.6. The highest BCUT2D eigenvalue weighted by Gasteiger charge is 2.20. The second-order valence-electron chi connectivity index (χ2n) is 4.81. The first-order valence-electron chi connectivity index (χ1n) is 6.72. The van der Waals surface area contributed by atoms with Gasteiger partial charge in [-0.25, -0.2) is 0 Å². The summed E-state index contributed by atoms with van der Waals surface area (Å²) in [7, 11) is 0. The van der Waals surface area contributed by atoms with Crippen molar-refractivity contribution >= 4 is 39.7 Å². The van der Waals surface area contributed by atoms with Crippen molar-refractivity contribution in [2.75, 3.05) is 5.32 Å². The summed E-state index contributed by atoms with van der Waals surface area (Å²) in [5.41, 5.74) is 1.79. The van der Waals surface area contributed by atoms with Gasteiger partial charge < -0.3 is 10.6 Å². The Balaban J connectivity index is 1.69. The number of nitrogens with zero attached hydrogens (tertiary/aromatic N) is 1. The van der Waals surface area contributed by atoms with Gasteiger partial charge in [-0.3, -0.25) is 14.7 Å². The lowest BCUT2D eigenvalue weighted by Crippen LogP contribution is -2.41. The second-order valence-corrected chi connectivity index (χ2v) is 5.59. The highest BCUT2D eigenvalue weighted by molar-refractivity contribution is 7.08. The Morgan fingerprint density at radius 2 is 2.09 bits per heavy atom. The van der Waals surface area contributed by atoms with Crippen LogP contribution >= 0.6 is 11.3 Å². The molecule has 2 heterocycles. The Hall–Kier alpha value is -2.67. The minimum Gasteiger partial charge on any atom is -0.339 e. The van der Waals surface area contributed by atoms with Crippen molar-refractivity contribution in [1.82, 2.24) is 15.5 Å². The fourth-order valence-corrected chi connectivity index (χ4v) is 2.64. The van der Waals surface area contributed by atoms with Crippen LogP contribution in [-0.2, 0) is 4.79 Å². The number of nitrogens with one attached hydrogen (secondary N) is 3. The lowest BCUT2D eigenvalue weighted by Gasteiger charge is -2.12. The first kappa shape index (κ1) is 14.3. The summed E-state index contributed by atoms with van der Waals surface area (Å²) in [5.74, 6) is -0.656. The zero-order valence-electron chi connectivity index (χ0n) is 11.8. The van der Waals surface area contributed by atoms with Gasteiger partial charge in [0.2, 0.25) is 5.91 Å². The molecule has 0 fully saturated rings. The number of benzene rings is 1. The predicted octanol–water partition coefficient (Wildman–Crippen LogP) is 2.38. The zero-order valence-corrected chi connectivity index (χ0v) is 12.6. The maximum atomic E-state index is 12.3. The number of carbonyl (C=O) groups excluding carboxylic acids is 2. The summed E-state index contributed by atoms with van der Waals surface area (Å²) >= 11 is 1.49. The molecule has 0 aliphatic carbocycles. The normalized spacial score (nSPS) is 12.0. The van der Waals surface area contributed by atoms with Crippen LogP contribution in [0.1, 0.15) is 17.4 Å². The molecule has 0 bridgehead atoms. The first-order valence-corrected chi connectivity index (χ1v) is 7.66. The monoisotopic (exact) mass is 314 g/mol. The van der Waals surface area contributed by atoms with E-state index in [2.05, 4.69) is 20.8 Å². The standard InChI is InChI=1S/C15H14N4O2S/c1-9(14(20)17-10-6-7-22-8-10)16-15(21)13-11-4-2-3-5-12(11)18-19-13/h2-9H,1H3,(H,16,21)(H,17,20)(H,18,19)/t9-/m0/s1. The predicted molar refractivity (Wildman–Crippen MR) is 86.0 cm³/mol. The van der Waals surface area contributed by atoms with Crippen LogP contribution in [-0.4, -0.2) is 28.1 Å². The van der Waals surface area contributed by atoms with E-state index in [1.165, 1.54) is 11.3 Å². The zero-order chi connectivity index (χ0) is 15.5. The van der Waals surface area contributed by atoms with Crippen LogP contribution in [0.2, 0.25) is 0 Å². The van der Waals surface area contributed by atoms with Crippen LogP contribution in [0.3, 0.4) is 0 Å². The molecule has 6 nitrogen and oxygen atoms in total. The molecule has 7 heteroatoms. The molecule has 112 valence electrons. The molecule has 22 heavy (non-hydrogen) atoms. The van der Waals surface area contributed by atoms with Crippen LogP contribution in [0.25, 0.3) is 10.9 Å². The third-order valence-corrected chi connectivity index (χ3v) is 3.90. The molecule has 0 saturated heterocycles. The van der Waals surface area contributed by atoms with Gasteiger partial charge in [-0.2, -0.15) is 16.4 Å². The maximum absolute atomic E-state index is 12.3. The molecule has 3 N–H and O–H groups in total. The van der Waals surface area contributed by atoms with E-state index in [0.29, 0.717) is 0 Å². The van der Waals surface area contributed by atoms with E-state index in [9.17, 15) is 9.59 Å². The Bertz CT molecular complexity index is 810. The maximum Gasteiger partial charge on any atom is 0.273 e. The number of aromatic nitrogens is 2. The molecule has 0 aliphatic heterocycles. The molecule has 0 spiro atoms. The summed E-state index contributed by atoms with van der Waals surface area (Å²) < 4.78 is 0. The van der Waals surface area contributed by atoms with Crippen LogP contribution in [0.4, 0.5) is 5.69 Å². The molecule has 1 atom stereocenters. The minimum atomic E-state index is -0.664. The number of rotatable bonds is 4. The SMILES string of the molecule is C[C@H](NC(=O)c1n[nH]c2ccccc12)C(=O)Nc1ccsc1. The van der Waals surface area contributed by atoms with E-state index in [1.54, 1.807) is 13.0 Å². The lowest BCUT2D eigenvalue weighted by molar-refractivity contribution is -0.117. The summed E-state index contributed by atoms with van der Waals surface area (Å²) in [6.07, 6.45) is 0. The average Bonchev–Trinajstić information content (AvgIpc) is 3.15. The van der Waals surface area contributed by atoms with Crippen LogP contribution in [0.15, 0.2) is 41.1 Å². The van der Waals surface area contributed by atoms with Gasteiger partial charge >= 0.3 is 0 Å². The van der Waals surface area contributed by atoms with E-state index < -0.39 is 6.04 Å². The molecule has 0 aliphatic rings. The molecule has 0 saturated carbocycles. The number of H-pyrrole nitrogens is 1. The number of aromatic amines is 1. The number of hydrogen-bond acceptors (Lipinski definition) is 4. The molecule has 0 unspecified atom stereocenters. The minimum absolute atomic E-state index is 0.272. The summed E-state index contributed by atoms with van der Waals surface area (Å²) in [4.78, 5) is 24.3. The average molecular weight is 314 g/mol. The highest BCUT2D eigenvalue weighted by Crippen LogP contribution is 2.15. The van der Waals surface area contributed by atoms with Gasteiger partial charge in [-0.15, -0.1) is 0 Å². The van der Waals surface area contributed by atoms with Crippen molar-refractivity contribution in [3.05, 3.63) is 46.8 Å². The lowest BCUT2D eigenvalue weighted by atomic mass is 10.2. The number of fused-ring (bicyclic) bond motifs is 1. The Morgan fingerprint density at radius 3 is 2.86 bits per heavy atom. The third kappa shape index (κ3) is 2.84. The van der Waals surface area contributed by atoms with Crippen molar-refractivity contribution in [2.45, 2.75) is 13.0 Å². The van der Waals surface area contributed by atoms with Gasteiger partial charge in [-0.05, 0) is 24.4 Å². The van der Waals surface area contributed by atoms with Gasteiger partial charge in [0.25, 0.3) is 5.91 Å². The highest BCUT2D eigenvalue weighted by atomic mass is 32.1. The number of anilines is 1. The van der Waals surface area contributed by atoms with E-state index in [4.69, 9.17) is 0 Å². The van der Waals surface area contributed by atoms with Crippen molar-refractivity contribution in [3.63, 3.8) is 0 Å². The van der Waals surface area contributed by atoms with E-state index in [0.717, 1.165) is 16.6 Å². The van der Waals surface area contributed by atoms with Gasteiger partial charge in [0, 0.05) is 10.8 Å². The van der Waals surface area contributed by atoms with Crippen molar-refractivity contribution in [2.24, 2.45) is 0 Å². The quantitative estimate of drug-likeness (QED) is 0.691. The Labute approximate surface area is 130 Å². The molecule has 2 amide bonds. The molecular formula is C15H14N4O2S. The van der Waals surface area contributed by atoms with Crippen molar-refractivity contribution < 1.29 is 9.59 Å². The topological polar surface area (TPSA) is 86.9 Å². The van der Waals surface area contributed by atoms with Gasteiger partial charge in [0.1, 0.15) is 6.04 Å². The van der Waals surface area contributed by atoms with Crippen molar-refractivity contribution in [1.29, 1.82) is 0 Å². The Morgan fingerprint density at radius 1 is 1.27 bits per heavy atom. The molecule has 3 aromatic rings. The number of hydrogen-bond donors (Lipinski definition) is 3. The molecule has 0 radical (unpaired) electrons. The van der Waals surface area contributed by atoms with Crippen LogP contribution in [0.5, 0.6) is 0 Å². The largest absolute Gasteiger partial charge is 0.339 e. The number of amides is 2.